The standard InChI is InChI=1S/C13H20FN3O3S/c1-3-6-15-12-11(14)10(5-7-16-12)13(18)17-8-9-21(19,20)4-2/h5,7H,3-4,6,8-9H2,1-2H3,(H,15,16)(H,17,18). The van der Waals surface area contributed by atoms with E-state index in [1.54, 1.807) is 0 Å². The first-order valence-corrected chi connectivity index (χ1v) is 8.60. The van der Waals surface area contributed by atoms with E-state index < -0.39 is 21.6 Å². The summed E-state index contributed by atoms with van der Waals surface area (Å²) in [6, 6.07) is 1.26. The Bertz CT molecular complexity index is 590. The number of hydrogen-bond acceptors (Lipinski definition) is 5. The van der Waals surface area contributed by atoms with Crippen LogP contribution in [0.25, 0.3) is 0 Å². The van der Waals surface area contributed by atoms with Gasteiger partial charge in [0.2, 0.25) is 0 Å². The summed E-state index contributed by atoms with van der Waals surface area (Å²) >= 11 is 0. The van der Waals surface area contributed by atoms with Gasteiger partial charge < -0.3 is 10.6 Å². The number of pyridine rings is 1. The Hall–Kier alpha value is -1.70. The van der Waals surface area contributed by atoms with Crippen molar-refractivity contribution in [2.75, 3.05) is 29.9 Å². The van der Waals surface area contributed by atoms with Crippen LogP contribution in [0.1, 0.15) is 30.6 Å². The van der Waals surface area contributed by atoms with Crippen molar-refractivity contribution in [1.29, 1.82) is 0 Å². The molecule has 0 fully saturated rings. The summed E-state index contributed by atoms with van der Waals surface area (Å²) in [5, 5.41) is 5.19. The topological polar surface area (TPSA) is 88.2 Å². The molecule has 21 heavy (non-hydrogen) atoms. The Morgan fingerprint density at radius 3 is 2.67 bits per heavy atom. The molecule has 8 heteroatoms. The first kappa shape index (κ1) is 17.4. The number of rotatable bonds is 8. The lowest BCUT2D eigenvalue weighted by atomic mass is 10.2. The number of carbonyl (C=O) groups excluding carboxylic acids is 1. The van der Waals surface area contributed by atoms with Gasteiger partial charge in [-0.25, -0.2) is 17.8 Å². The van der Waals surface area contributed by atoms with Crippen molar-refractivity contribution in [2.45, 2.75) is 20.3 Å². The van der Waals surface area contributed by atoms with Gasteiger partial charge in [-0.3, -0.25) is 4.79 Å². The third-order valence-corrected chi connectivity index (χ3v) is 4.52. The summed E-state index contributed by atoms with van der Waals surface area (Å²) < 4.78 is 36.7. The number of nitrogens with zero attached hydrogens (tertiary/aromatic N) is 1. The Labute approximate surface area is 124 Å². The summed E-state index contributed by atoms with van der Waals surface area (Å²) in [5.41, 5.74) is -0.155. The molecule has 0 saturated heterocycles. The molecular weight excluding hydrogens is 297 g/mol. The lowest BCUT2D eigenvalue weighted by Gasteiger charge is -2.09. The summed E-state index contributed by atoms with van der Waals surface area (Å²) in [5.74, 6) is -1.52. The van der Waals surface area contributed by atoms with E-state index in [0.29, 0.717) is 6.54 Å². The molecule has 0 aliphatic heterocycles. The number of amides is 1. The number of hydrogen-bond donors (Lipinski definition) is 2. The van der Waals surface area contributed by atoms with Gasteiger partial charge in [0.1, 0.15) is 0 Å². The monoisotopic (exact) mass is 317 g/mol. The van der Waals surface area contributed by atoms with Crippen LogP contribution in [0.15, 0.2) is 12.3 Å². The second-order valence-corrected chi connectivity index (χ2v) is 6.91. The van der Waals surface area contributed by atoms with E-state index >= 15 is 0 Å². The average molecular weight is 317 g/mol. The molecule has 0 saturated carbocycles. The molecule has 1 aromatic rings. The zero-order valence-electron chi connectivity index (χ0n) is 12.1. The van der Waals surface area contributed by atoms with Crippen molar-refractivity contribution in [3.8, 4) is 0 Å². The van der Waals surface area contributed by atoms with E-state index in [-0.39, 0.29) is 29.4 Å². The highest BCUT2D eigenvalue weighted by molar-refractivity contribution is 7.91. The molecule has 1 amide bonds. The van der Waals surface area contributed by atoms with E-state index in [9.17, 15) is 17.6 Å². The molecule has 0 atom stereocenters. The van der Waals surface area contributed by atoms with Gasteiger partial charge in [-0.1, -0.05) is 13.8 Å². The normalized spacial score (nSPS) is 11.2. The van der Waals surface area contributed by atoms with Crippen LogP contribution in [-0.2, 0) is 9.84 Å². The Morgan fingerprint density at radius 1 is 1.33 bits per heavy atom. The van der Waals surface area contributed by atoms with Gasteiger partial charge in [0.15, 0.2) is 21.5 Å². The Balaban J connectivity index is 2.70. The lowest BCUT2D eigenvalue weighted by Crippen LogP contribution is -2.30. The first-order valence-electron chi connectivity index (χ1n) is 6.78. The zero-order valence-corrected chi connectivity index (χ0v) is 13.0. The predicted molar refractivity (Wildman–Crippen MR) is 79.6 cm³/mol. The van der Waals surface area contributed by atoms with Gasteiger partial charge in [-0.05, 0) is 12.5 Å². The minimum atomic E-state index is -3.16. The van der Waals surface area contributed by atoms with Crippen LogP contribution in [0.5, 0.6) is 0 Å². The summed E-state index contributed by atoms with van der Waals surface area (Å²) in [6.07, 6.45) is 2.13. The number of nitrogens with one attached hydrogen (secondary N) is 2. The van der Waals surface area contributed by atoms with Crippen molar-refractivity contribution in [2.24, 2.45) is 0 Å². The summed E-state index contributed by atoms with van der Waals surface area (Å²) in [7, 11) is -3.16. The Kier molecular flexibility index (Phi) is 6.54. The van der Waals surface area contributed by atoms with Gasteiger partial charge >= 0.3 is 0 Å². The molecule has 0 radical (unpaired) electrons. The van der Waals surface area contributed by atoms with Crippen LogP contribution in [0.2, 0.25) is 0 Å². The van der Waals surface area contributed by atoms with Crippen LogP contribution in [-0.4, -0.2) is 43.9 Å². The van der Waals surface area contributed by atoms with Crippen LogP contribution in [0.4, 0.5) is 10.2 Å². The van der Waals surface area contributed by atoms with Crippen molar-refractivity contribution in [1.82, 2.24) is 10.3 Å². The van der Waals surface area contributed by atoms with Gasteiger partial charge in [-0.15, -0.1) is 0 Å². The molecular formula is C13H20FN3O3S. The second-order valence-electron chi connectivity index (χ2n) is 4.44. The maximum atomic E-state index is 14.1. The van der Waals surface area contributed by atoms with Crippen LogP contribution in [0.3, 0.4) is 0 Å². The number of carbonyl (C=O) groups is 1. The van der Waals surface area contributed by atoms with Crippen LogP contribution >= 0.6 is 0 Å². The third kappa shape index (κ3) is 5.30. The molecule has 0 unspecified atom stereocenters. The smallest absolute Gasteiger partial charge is 0.254 e. The molecule has 1 aromatic heterocycles. The predicted octanol–water partition coefficient (Wildman–Crippen LogP) is 1.21. The fourth-order valence-corrected chi connectivity index (χ4v) is 2.25. The molecule has 0 spiro atoms. The molecule has 1 rings (SSSR count). The number of anilines is 1. The van der Waals surface area contributed by atoms with Gasteiger partial charge in [0, 0.05) is 25.0 Å². The van der Waals surface area contributed by atoms with Gasteiger partial charge in [0.25, 0.3) is 5.91 Å². The SMILES string of the molecule is CCCNc1nccc(C(=O)NCCS(=O)(=O)CC)c1F. The van der Waals surface area contributed by atoms with Crippen molar-refractivity contribution in [3.63, 3.8) is 0 Å². The van der Waals surface area contributed by atoms with Gasteiger partial charge in [-0.2, -0.15) is 0 Å². The van der Waals surface area contributed by atoms with Crippen LogP contribution in [0, 0.1) is 5.82 Å². The van der Waals surface area contributed by atoms with Crippen molar-refractivity contribution >= 4 is 21.6 Å². The summed E-state index contributed by atoms with van der Waals surface area (Å²) in [6.45, 7) is 3.96. The molecule has 0 aromatic carbocycles. The van der Waals surface area contributed by atoms with E-state index in [1.165, 1.54) is 19.2 Å². The molecule has 0 aliphatic rings. The van der Waals surface area contributed by atoms with E-state index in [2.05, 4.69) is 15.6 Å². The summed E-state index contributed by atoms with van der Waals surface area (Å²) in [4.78, 5) is 15.7. The lowest BCUT2D eigenvalue weighted by molar-refractivity contribution is 0.0952. The molecule has 6 nitrogen and oxygen atoms in total. The van der Waals surface area contributed by atoms with Gasteiger partial charge in [0.05, 0.1) is 11.3 Å². The second kappa shape index (κ2) is 7.92. The fraction of sp³-hybridized carbons (Fsp3) is 0.538. The number of halogens is 1. The first-order chi connectivity index (χ1) is 9.91. The maximum absolute atomic E-state index is 14.1. The molecule has 0 aliphatic carbocycles. The maximum Gasteiger partial charge on any atom is 0.254 e. The Morgan fingerprint density at radius 2 is 2.05 bits per heavy atom. The van der Waals surface area contributed by atoms with E-state index in [0.717, 1.165) is 6.42 Å². The number of sulfone groups is 1. The molecule has 118 valence electrons. The average Bonchev–Trinajstić information content (AvgIpc) is 2.46. The fourth-order valence-electron chi connectivity index (χ4n) is 1.55. The largest absolute Gasteiger partial charge is 0.368 e. The van der Waals surface area contributed by atoms with Crippen LogP contribution < -0.4 is 10.6 Å². The van der Waals surface area contributed by atoms with Crippen molar-refractivity contribution < 1.29 is 17.6 Å². The van der Waals surface area contributed by atoms with Crippen molar-refractivity contribution in [3.05, 3.63) is 23.6 Å². The van der Waals surface area contributed by atoms with E-state index in [1.807, 2.05) is 6.92 Å². The highest BCUT2D eigenvalue weighted by Gasteiger charge is 2.16. The third-order valence-electron chi connectivity index (χ3n) is 2.81. The quantitative estimate of drug-likeness (QED) is 0.752. The van der Waals surface area contributed by atoms with E-state index in [4.69, 9.17) is 0 Å². The minimum Gasteiger partial charge on any atom is -0.368 e. The molecule has 2 N–H and O–H groups in total. The zero-order chi connectivity index (χ0) is 15.9. The molecule has 1 heterocycles. The molecule has 0 bridgehead atoms. The minimum absolute atomic E-state index is 0.0115. The number of aromatic nitrogens is 1. The highest BCUT2D eigenvalue weighted by atomic mass is 32.2. The highest BCUT2D eigenvalue weighted by Crippen LogP contribution is 2.14.